The molecule has 0 N–H and O–H groups in total. The molecule has 98 valence electrons. The Bertz CT molecular complexity index is 375. The first-order valence-electron chi connectivity index (χ1n) is 6.72. The largest absolute Gasteiger partial charge is 0.434 e. The molecule has 0 bridgehead atoms. The maximum atomic E-state index is 11.7. The molecule has 18 heavy (non-hydrogen) atoms. The van der Waals surface area contributed by atoms with Crippen molar-refractivity contribution >= 4 is 5.97 Å². The van der Waals surface area contributed by atoms with Crippen LogP contribution in [0.5, 0.6) is 0 Å². The summed E-state index contributed by atoms with van der Waals surface area (Å²) in [6, 6.07) is 9.52. The van der Waals surface area contributed by atoms with Crippen LogP contribution >= 0.6 is 0 Å². The minimum atomic E-state index is -0.539. The van der Waals surface area contributed by atoms with E-state index in [-0.39, 0.29) is 12.3 Å². The van der Waals surface area contributed by atoms with Crippen LogP contribution in [-0.2, 0) is 14.3 Å². The monoisotopic (exact) mass is 248 g/mol. The summed E-state index contributed by atoms with van der Waals surface area (Å²) in [6.07, 6.45) is 4.55. The molecule has 1 saturated heterocycles. The second-order valence-corrected chi connectivity index (χ2v) is 4.64. The predicted molar refractivity (Wildman–Crippen MR) is 68.9 cm³/mol. The molecule has 0 saturated carbocycles. The standard InChI is InChI=1S/C15H20O3/c1-2-3-4-8-11-13-17-14(15(16)18-13)12-9-6-5-7-10-12/h5-7,9-10,13-14H,2-4,8,11H2,1H3/t13-,14+/m1/s1. The van der Waals surface area contributed by atoms with Gasteiger partial charge in [-0.2, -0.15) is 0 Å². The number of unbranched alkanes of at least 4 members (excludes halogenated alkanes) is 3. The van der Waals surface area contributed by atoms with E-state index in [1.807, 2.05) is 30.3 Å². The van der Waals surface area contributed by atoms with Gasteiger partial charge in [-0.05, 0) is 12.0 Å². The van der Waals surface area contributed by atoms with Crippen LogP contribution < -0.4 is 0 Å². The topological polar surface area (TPSA) is 35.5 Å². The molecule has 1 fully saturated rings. The first-order chi connectivity index (χ1) is 8.81. The first kappa shape index (κ1) is 13.1. The van der Waals surface area contributed by atoms with Gasteiger partial charge < -0.3 is 9.47 Å². The third-order valence-corrected chi connectivity index (χ3v) is 3.15. The fourth-order valence-electron chi connectivity index (χ4n) is 2.13. The Morgan fingerprint density at radius 3 is 2.61 bits per heavy atom. The molecular weight excluding hydrogens is 228 g/mol. The molecule has 1 aliphatic rings. The summed E-state index contributed by atoms with van der Waals surface area (Å²) in [6.45, 7) is 2.18. The molecule has 0 aromatic heterocycles. The van der Waals surface area contributed by atoms with Crippen molar-refractivity contribution in [2.45, 2.75) is 51.4 Å². The number of carbonyl (C=O) groups excluding carboxylic acids is 1. The van der Waals surface area contributed by atoms with Crippen LogP contribution in [0.4, 0.5) is 0 Å². The molecular formula is C15H20O3. The quantitative estimate of drug-likeness (QED) is 0.570. The van der Waals surface area contributed by atoms with E-state index in [0.29, 0.717) is 0 Å². The Balaban J connectivity index is 1.84. The molecule has 2 atom stereocenters. The molecule has 3 nitrogen and oxygen atoms in total. The Labute approximate surface area is 108 Å². The highest BCUT2D eigenvalue weighted by molar-refractivity contribution is 5.77. The summed E-state index contributed by atoms with van der Waals surface area (Å²) in [5.41, 5.74) is 0.874. The number of carbonyl (C=O) groups is 1. The second kappa shape index (κ2) is 6.55. The van der Waals surface area contributed by atoms with Crippen molar-refractivity contribution in [3.05, 3.63) is 35.9 Å². The van der Waals surface area contributed by atoms with Crippen molar-refractivity contribution in [1.82, 2.24) is 0 Å². The maximum absolute atomic E-state index is 11.7. The summed E-state index contributed by atoms with van der Waals surface area (Å²) in [4.78, 5) is 11.7. The zero-order chi connectivity index (χ0) is 12.8. The van der Waals surface area contributed by atoms with E-state index in [2.05, 4.69) is 6.92 Å². The van der Waals surface area contributed by atoms with Crippen LogP contribution in [0, 0.1) is 0 Å². The Hall–Kier alpha value is -1.35. The van der Waals surface area contributed by atoms with Gasteiger partial charge in [-0.3, -0.25) is 0 Å². The van der Waals surface area contributed by atoms with E-state index < -0.39 is 6.10 Å². The smallest absolute Gasteiger partial charge is 0.342 e. The fraction of sp³-hybridized carbons (Fsp3) is 0.533. The molecule has 1 aromatic carbocycles. The van der Waals surface area contributed by atoms with Crippen LogP contribution in [0.15, 0.2) is 30.3 Å². The molecule has 0 amide bonds. The van der Waals surface area contributed by atoms with E-state index in [0.717, 1.165) is 18.4 Å². The minimum Gasteiger partial charge on any atom is -0.434 e. The molecule has 0 aliphatic carbocycles. The SMILES string of the molecule is CCCCCC[C@H]1OC(=O)[C@H](c2ccccc2)O1. The zero-order valence-electron chi connectivity index (χ0n) is 10.8. The lowest BCUT2D eigenvalue weighted by Crippen LogP contribution is -2.07. The summed E-state index contributed by atoms with van der Waals surface area (Å²) in [5, 5.41) is 0. The van der Waals surface area contributed by atoms with Gasteiger partial charge in [0.25, 0.3) is 0 Å². The molecule has 1 aromatic rings. The van der Waals surface area contributed by atoms with Crippen molar-refractivity contribution in [2.24, 2.45) is 0 Å². The number of ether oxygens (including phenoxy) is 2. The molecule has 3 heteroatoms. The average molecular weight is 248 g/mol. The number of esters is 1. The van der Waals surface area contributed by atoms with E-state index >= 15 is 0 Å². The average Bonchev–Trinajstić information content (AvgIpc) is 2.77. The summed E-state index contributed by atoms with van der Waals surface area (Å²) in [5.74, 6) is -0.262. The van der Waals surface area contributed by atoms with Crippen LogP contribution in [0.1, 0.15) is 50.7 Å². The van der Waals surface area contributed by atoms with Gasteiger partial charge in [-0.1, -0.05) is 56.5 Å². The number of cyclic esters (lactones) is 1. The van der Waals surface area contributed by atoms with Gasteiger partial charge in [0.05, 0.1) is 0 Å². The van der Waals surface area contributed by atoms with Gasteiger partial charge in [0, 0.05) is 6.42 Å². The van der Waals surface area contributed by atoms with Crippen molar-refractivity contribution < 1.29 is 14.3 Å². The number of rotatable bonds is 6. The van der Waals surface area contributed by atoms with Crippen molar-refractivity contribution in [3.8, 4) is 0 Å². The predicted octanol–water partition coefficient (Wildman–Crippen LogP) is 3.60. The number of benzene rings is 1. The van der Waals surface area contributed by atoms with Crippen molar-refractivity contribution in [2.75, 3.05) is 0 Å². The first-order valence-corrected chi connectivity index (χ1v) is 6.72. The minimum absolute atomic E-state index is 0.262. The summed E-state index contributed by atoms with van der Waals surface area (Å²) in [7, 11) is 0. The third kappa shape index (κ3) is 3.33. The molecule has 0 spiro atoms. The third-order valence-electron chi connectivity index (χ3n) is 3.15. The molecule has 0 radical (unpaired) electrons. The van der Waals surface area contributed by atoms with Gasteiger partial charge in [0.15, 0.2) is 6.10 Å². The summed E-state index contributed by atoms with van der Waals surface area (Å²) >= 11 is 0. The van der Waals surface area contributed by atoms with Crippen LogP contribution in [0.3, 0.4) is 0 Å². The lowest BCUT2D eigenvalue weighted by molar-refractivity contribution is -0.144. The second-order valence-electron chi connectivity index (χ2n) is 4.64. The van der Waals surface area contributed by atoms with Gasteiger partial charge >= 0.3 is 5.97 Å². The number of hydrogen-bond donors (Lipinski definition) is 0. The Kier molecular flexibility index (Phi) is 4.76. The highest BCUT2D eigenvalue weighted by Gasteiger charge is 2.35. The highest BCUT2D eigenvalue weighted by Crippen LogP contribution is 2.29. The lowest BCUT2D eigenvalue weighted by Gasteiger charge is -2.09. The van der Waals surface area contributed by atoms with Crippen molar-refractivity contribution in [1.29, 1.82) is 0 Å². The van der Waals surface area contributed by atoms with Crippen LogP contribution in [0.2, 0.25) is 0 Å². The van der Waals surface area contributed by atoms with Crippen molar-refractivity contribution in [3.63, 3.8) is 0 Å². The van der Waals surface area contributed by atoms with Gasteiger partial charge in [-0.15, -0.1) is 0 Å². The molecule has 0 unspecified atom stereocenters. The van der Waals surface area contributed by atoms with E-state index in [9.17, 15) is 4.79 Å². The summed E-state index contributed by atoms with van der Waals surface area (Å²) < 4.78 is 10.9. The molecule has 1 aliphatic heterocycles. The fourth-order valence-corrected chi connectivity index (χ4v) is 2.13. The zero-order valence-corrected chi connectivity index (χ0v) is 10.8. The number of hydrogen-bond acceptors (Lipinski definition) is 3. The Morgan fingerprint density at radius 2 is 1.89 bits per heavy atom. The lowest BCUT2D eigenvalue weighted by atomic mass is 10.1. The van der Waals surface area contributed by atoms with Crippen LogP contribution in [0.25, 0.3) is 0 Å². The normalized spacial score (nSPS) is 23.1. The van der Waals surface area contributed by atoms with Crippen LogP contribution in [-0.4, -0.2) is 12.3 Å². The highest BCUT2D eigenvalue weighted by atomic mass is 16.7. The maximum Gasteiger partial charge on any atom is 0.342 e. The van der Waals surface area contributed by atoms with E-state index in [1.54, 1.807) is 0 Å². The molecule has 1 heterocycles. The van der Waals surface area contributed by atoms with E-state index in [4.69, 9.17) is 9.47 Å². The Morgan fingerprint density at radius 1 is 1.11 bits per heavy atom. The van der Waals surface area contributed by atoms with Gasteiger partial charge in [0.1, 0.15) is 0 Å². The molecule has 2 rings (SSSR count). The van der Waals surface area contributed by atoms with Gasteiger partial charge in [0.2, 0.25) is 6.29 Å². The van der Waals surface area contributed by atoms with E-state index in [1.165, 1.54) is 19.3 Å². The van der Waals surface area contributed by atoms with Gasteiger partial charge in [-0.25, -0.2) is 4.79 Å².